The molecule has 0 aliphatic heterocycles. The number of sulfone groups is 1. The van der Waals surface area contributed by atoms with Crippen LogP contribution in [0.15, 0.2) is 12.4 Å². The van der Waals surface area contributed by atoms with Crippen molar-refractivity contribution in [2.24, 2.45) is 0 Å². The highest BCUT2D eigenvalue weighted by atomic mass is 32.2. The third-order valence-corrected chi connectivity index (χ3v) is 3.54. The molecule has 17 heavy (non-hydrogen) atoms. The summed E-state index contributed by atoms with van der Waals surface area (Å²) < 4.78 is 22.1. The Morgan fingerprint density at radius 3 is 2.53 bits per heavy atom. The number of nitrogens with zero attached hydrogens (tertiary/aromatic N) is 2. The summed E-state index contributed by atoms with van der Waals surface area (Å²) in [5, 5.41) is 3.13. The first-order valence-electron chi connectivity index (χ1n) is 5.56. The van der Waals surface area contributed by atoms with Crippen molar-refractivity contribution in [3.63, 3.8) is 0 Å². The Morgan fingerprint density at radius 1 is 1.35 bits per heavy atom. The Morgan fingerprint density at radius 2 is 2.06 bits per heavy atom. The smallest absolute Gasteiger partial charge is 0.147 e. The van der Waals surface area contributed by atoms with E-state index in [4.69, 9.17) is 0 Å². The number of nitrogens with one attached hydrogen (secondary N) is 1. The molecule has 96 valence electrons. The van der Waals surface area contributed by atoms with Crippen molar-refractivity contribution in [1.82, 2.24) is 15.3 Å². The molecule has 1 unspecified atom stereocenters. The summed E-state index contributed by atoms with van der Waals surface area (Å²) in [6.07, 6.45) is 6.07. The van der Waals surface area contributed by atoms with Gasteiger partial charge in [0.1, 0.15) is 9.84 Å². The summed E-state index contributed by atoms with van der Waals surface area (Å²) in [6.45, 7) is 1.88. The van der Waals surface area contributed by atoms with E-state index in [-0.39, 0.29) is 11.8 Å². The first kappa shape index (κ1) is 14.1. The second kappa shape index (κ2) is 6.07. The first-order valence-corrected chi connectivity index (χ1v) is 7.62. The minimum absolute atomic E-state index is 0.0600. The van der Waals surface area contributed by atoms with Gasteiger partial charge < -0.3 is 5.32 Å². The van der Waals surface area contributed by atoms with Gasteiger partial charge in [-0.1, -0.05) is 0 Å². The van der Waals surface area contributed by atoms with Crippen molar-refractivity contribution in [3.8, 4) is 0 Å². The molecule has 0 amide bonds. The molecule has 1 rings (SSSR count). The van der Waals surface area contributed by atoms with Gasteiger partial charge >= 0.3 is 0 Å². The molecule has 6 heteroatoms. The SMILES string of the molecule is CNC(CCCS(C)(=O)=O)c1cnc(C)cn1. The van der Waals surface area contributed by atoms with E-state index in [1.54, 1.807) is 12.4 Å². The highest BCUT2D eigenvalue weighted by Gasteiger charge is 2.12. The molecule has 0 aliphatic rings. The van der Waals surface area contributed by atoms with Crippen LogP contribution in [0.3, 0.4) is 0 Å². The van der Waals surface area contributed by atoms with E-state index in [1.165, 1.54) is 6.26 Å². The third-order valence-electron chi connectivity index (χ3n) is 2.51. The molecule has 0 bridgehead atoms. The lowest BCUT2D eigenvalue weighted by Crippen LogP contribution is -2.19. The van der Waals surface area contributed by atoms with E-state index in [9.17, 15) is 8.42 Å². The van der Waals surface area contributed by atoms with Crippen LogP contribution in [-0.4, -0.2) is 37.4 Å². The summed E-state index contributed by atoms with van der Waals surface area (Å²) in [4.78, 5) is 8.47. The van der Waals surface area contributed by atoms with Crippen LogP contribution in [0, 0.1) is 6.92 Å². The van der Waals surface area contributed by atoms with Gasteiger partial charge in [0.2, 0.25) is 0 Å². The Hall–Kier alpha value is -1.01. The van der Waals surface area contributed by atoms with Crippen LogP contribution in [0.5, 0.6) is 0 Å². The molecule has 0 fully saturated rings. The number of aromatic nitrogens is 2. The highest BCUT2D eigenvalue weighted by Crippen LogP contribution is 2.15. The molecule has 1 aromatic rings. The van der Waals surface area contributed by atoms with Gasteiger partial charge in [-0.15, -0.1) is 0 Å². The zero-order chi connectivity index (χ0) is 12.9. The molecule has 0 spiro atoms. The lowest BCUT2D eigenvalue weighted by Gasteiger charge is -2.14. The van der Waals surface area contributed by atoms with Crippen molar-refractivity contribution in [1.29, 1.82) is 0 Å². The average Bonchev–Trinajstić information content (AvgIpc) is 2.24. The van der Waals surface area contributed by atoms with Crippen molar-refractivity contribution >= 4 is 9.84 Å². The molecule has 0 radical (unpaired) electrons. The maximum absolute atomic E-state index is 11.0. The lowest BCUT2D eigenvalue weighted by atomic mass is 10.1. The molecule has 0 saturated carbocycles. The average molecular weight is 257 g/mol. The predicted octanol–water partition coefficient (Wildman–Crippen LogP) is 0.870. The van der Waals surface area contributed by atoms with Crippen molar-refractivity contribution in [2.45, 2.75) is 25.8 Å². The Bertz CT molecular complexity index is 442. The maximum Gasteiger partial charge on any atom is 0.147 e. The van der Waals surface area contributed by atoms with Crippen LogP contribution in [-0.2, 0) is 9.84 Å². The van der Waals surface area contributed by atoms with Crippen LogP contribution < -0.4 is 5.32 Å². The monoisotopic (exact) mass is 257 g/mol. The Balaban J connectivity index is 2.57. The molecular weight excluding hydrogens is 238 g/mol. The Kier molecular flexibility index (Phi) is 5.02. The van der Waals surface area contributed by atoms with Crippen molar-refractivity contribution in [3.05, 3.63) is 23.8 Å². The van der Waals surface area contributed by atoms with E-state index in [0.29, 0.717) is 6.42 Å². The van der Waals surface area contributed by atoms with Gasteiger partial charge in [-0.25, -0.2) is 8.42 Å². The topological polar surface area (TPSA) is 72.0 Å². The first-order chi connectivity index (χ1) is 7.92. The Labute approximate surface area is 103 Å². The van der Waals surface area contributed by atoms with E-state index in [1.807, 2.05) is 14.0 Å². The number of hydrogen-bond acceptors (Lipinski definition) is 5. The molecule has 1 aromatic heterocycles. The number of rotatable bonds is 6. The van der Waals surface area contributed by atoms with E-state index in [0.717, 1.165) is 17.8 Å². The minimum Gasteiger partial charge on any atom is -0.312 e. The van der Waals surface area contributed by atoms with Crippen LogP contribution in [0.4, 0.5) is 0 Å². The lowest BCUT2D eigenvalue weighted by molar-refractivity contribution is 0.522. The molecule has 1 N–H and O–H groups in total. The van der Waals surface area contributed by atoms with Gasteiger partial charge in [-0.2, -0.15) is 0 Å². The number of hydrogen-bond donors (Lipinski definition) is 1. The molecular formula is C11H19N3O2S. The summed E-state index contributed by atoms with van der Waals surface area (Å²) in [5.41, 5.74) is 1.73. The second-order valence-corrected chi connectivity index (χ2v) is 6.46. The molecule has 5 nitrogen and oxygen atoms in total. The van der Waals surface area contributed by atoms with E-state index < -0.39 is 9.84 Å². The standard InChI is InChI=1S/C11H19N3O2S/c1-9-7-14-11(8-13-9)10(12-2)5-4-6-17(3,15)16/h7-8,10,12H,4-6H2,1-3H3. The second-order valence-electron chi connectivity index (χ2n) is 4.20. The quantitative estimate of drug-likeness (QED) is 0.818. The summed E-state index contributed by atoms with van der Waals surface area (Å²) in [5.74, 6) is 0.213. The van der Waals surface area contributed by atoms with E-state index in [2.05, 4.69) is 15.3 Å². The van der Waals surface area contributed by atoms with Gasteiger partial charge in [0.05, 0.1) is 23.6 Å². The summed E-state index contributed by atoms with van der Waals surface area (Å²) in [6, 6.07) is 0.0600. The third kappa shape index (κ3) is 5.23. The highest BCUT2D eigenvalue weighted by molar-refractivity contribution is 7.90. The van der Waals surface area contributed by atoms with Gasteiger partial charge in [-0.05, 0) is 26.8 Å². The maximum atomic E-state index is 11.0. The fourth-order valence-corrected chi connectivity index (χ4v) is 2.26. The predicted molar refractivity (Wildman–Crippen MR) is 67.5 cm³/mol. The number of aryl methyl sites for hydroxylation is 1. The van der Waals surface area contributed by atoms with E-state index >= 15 is 0 Å². The molecule has 0 aromatic carbocycles. The van der Waals surface area contributed by atoms with Crippen LogP contribution in [0.2, 0.25) is 0 Å². The van der Waals surface area contributed by atoms with Gasteiger partial charge in [0.25, 0.3) is 0 Å². The summed E-state index contributed by atoms with van der Waals surface area (Å²) in [7, 11) is -1.04. The summed E-state index contributed by atoms with van der Waals surface area (Å²) >= 11 is 0. The van der Waals surface area contributed by atoms with Gasteiger partial charge in [0, 0.05) is 18.2 Å². The zero-order valence-corrected chi connectivity index (χ0v) is 11.3. The largest absolute Gasteiger partial charge is 0.312 e. The van der Waals surface area contributed by atoms with Gasteiger partial charge in [0.15, 0.2) is 0 Å². The van der Waals surface area contributed by atoms with Crippen LogP contribution in [0.25, 0.3) is 0 Å². The van der Waals surface area contributed by atoms with Gasteiger partial charge in [-0.3, -0.25) is 9.97 Å². The molecule has 0 saturated heterocycles. The van der Waals surface area contributed by atoms with Crippen LogP contribution >= 0.6 is 0 Å². The molecule has 1 heterocycles. The fourth-order valence-electron chi connectivity index (χ4n) is 1.57. The molecule has 1 atom stereocenters. The van der Waals surface area contributed by atoms with Crippen molar-refractivity contribution in [2.75, 3.05) is 19.1 Å². The fraction of sp³-hybridized carbons (Fsp3) is 0.636. The minimum atomic E-state index is -2.88. The normalized spacial score (nSPS) is 13.6. The van der Waals surface area contributed by atoms with Crippen molar-refractivity contribution < 1.29 is 8.42 Å². The zero-order valence-electron chi connectivity index (χ0n) is 10.5. The van der Waals surface area contributed by atoms with Crippen LogP contribution in [0.1, 0.15) is 30.3 Å². The molecule has 0 aliphatic carbocycles.